The van der Waals surface area contributed by atoms with Crippen LogP contribution in [-0.2, 0) is 0 Å². The molecule has 3 aromatic heterocycles. The Bertz CT molecular complexity index is 972. The fraction of sp³-hybridized carbons (Fsp3) is 0.526. The molecule has 0 aromatic carbocycles. The van der Waals surface area contributed by atoms with Crippen molar-refractivity contribution in [3.8, 4) is 0 Å². The fourth-order valence-corrected chi connectivity index (χ4v) is 3.68. The Hall–Kier alpha value is -2.97. The standard InChI is InChI=1S/C19H25N9/c1-26(2)19-20-9-8-15(22-19)21-10-13-11-27(12-13)17-7-6-16-23-24-18(28(16)25-17)14-4-3-5-14/h6-9,13-14H,3-5,10-12H2,1-2H3,(H,20,21,22). The van der Waals surface area contributed by atoms with E-state index in [0.717, 1.165) is 42.7 Å². The summed E-state index contributed by atoms with van der Waals surface area (Å²) < 4.78 is 1.94. The molecule has 146 valence electrons. The van der Waals surface area contributed by atoms with E-state index >= 15 is 0 Å². The second-order valence-electron chi connectivity index (χ2n) is 7.94. The van der Waals surface area contributed by atoms with Crippen molar-refractivity contribution in [1.29, 1.82) is 0 Å². The Morgan fingerprint density at radius 2 is 2.00 bits per heavy atom. The molecule has 1 N–H and O–H groups in total. The molecule has 1 saturated carbocycles. The minimum atomic E-state index is 0.519. The predicted molar refractivity (Wildman–Crippen MR) is 108 cm³/mol. The highest BCUT2D eigenvalue weighted by molar-refractivity contribution is 5.48. The number of rotatable bonds is 6. The first kappa shape index (κ1) is 17.2. The van der Waals surface area contributed by atoms with Gasteiger partial charge in [0.05, 0.1) is 0 Å². The second-order valence-corrected chi connectivity index (χ2v) is 7.94. The molecule has 0 bridgehead atoms. The van der Waals surface area contributed by atoms with Crippen LogP contribution in [0, 0.1) is 5.92 Å². The van der Waals surface area contributed by atoms with Gasteiger partial charge in [-0.2, -0.15) is 9.50 Å². The lowest BCUT2D eigenvalue weighted by atomic mass is 9.85. The minimum absolute atomic E-state index is 0.519. The van der Waals surface area contributed by atoms with Crippen LogP contribution in [0.2, 0.25) is 0 Å². The maximum atomic E-state index is 4.81. The largest absolute Gasteiger partial charge is 0.369 e. The average molecular weight is 379 g/mol. The van der Waals surface area contributed by atoms with Gasteiger partial charge in [0.1, 0.15) is 11.6 Å². The van der Waals surface area contributed by atoms with Gasteiger partial charge in [0.2, 0.25) is 5.95 Å². The lowest BCUT2D eigenvalue weighted by molar-refractivity contribution is 0.393. The van der Waals surface area contributed by atoms with Crippen molar-refractivity contribution in [2.45, 2.75) is 25.2 Å². The molecule has 1 aliphatic carbocycles. The van der Waals surface area contributed by atoms with Crippen molar-refractivity contribution in [2.24, 2.45) is 5.92 Å². The van der Waals surface area contributed by atoms with Gasteiger partial charge in [-0.25, -0.2) is 4.98 Å². The van der Waals surface area contributed by atoms with E-state index < -0.39 is 0 Å². The van der Waals surface area contributed by atoms with Crippen LogP contribution < -0.4 is 15.1 Å². The predicted octanol–water partition coefficient (Wildman–Crippen LogP) is 1.80. The van der Waals surface area contributed by atoms with Gasteiger partial charge in [-0.1, -0.05) is 6.42 Å². The summed E-state index contributed by atoms with van der Waals surface area (Å²) in [5.74, 6) is 4.69. The fourth-order valence-electron chi connectivity index (χ4n) is 3.68. The van der Waals surface area contributed by atoms with Crippen molar-refractivity contribution >= 4 is 23.2 Å². The van der Waals surface area contributed by atoms with Crippen LogP contribution in [0.1, 0.15) is 31.0 Å². The maximum absolute atomic E-state index is 4.81. The van der Waals surface area contributed by atoms with Gasteiger partial charge in [-0.05, 0) is 31.0 Å². The van der Waals surface area contributed by atoms with Gasteiger partial charge < -0.3 is 15.1 Å². The van der Waals surface area contributed by atoms with Gasteiger partial charge in [0.15, 0.2) is 11.5 Å². The van der Waals surface area contributed by atoms with Crippen LogP contribution in [0.15, 0.2) is 24.4 Å². The molecule has 28 heavy (non-hydrogen) atoms. The number of fused-ring (bicyclic) bond motifs is 1. The van der Waals surface area contributed by atoms with E-state index in [1.165, 1.54) is 19.3 Å². The van der Waals surface area contributed by atoms with Crippen LogP contribution in [0.5, 0.6) is 0 Å². The summed E-state index contributed by atoms with van der Waals surface area (Å²) in [6.45, 7) is 2.86. The molecular formula is C19H25N9. The van der Waals surface area contributed by atoms with Crippen LogP contribution in [0.25, 0.3) is 5.65 Å². The van der Waals surface area contributed by atoms with Gasteiger partial charge in [-0.3, -0.25) is 0 Å². The molecule has 2 fully saturated rings. The third-order valence-electron chi connectivity index (χ3n) is 5.64. The van der Waals surface area contributed by atoms with Crippen LogP contribution in [-0.4, -0.2) is 63.5 Å². The Balaban J connectivity index is 1.20. The molecule has 1 aliphatic heterocycles. The summed E-state index contributed by atoms with van der Waals surface area (Å²) >= 11 is 0. The zero-order valence-electron chi connectivity index (χ0n) is 16.3. The number of aromatic nitrogens is 6. The zero-order chi connectivity index (χ0) is 19.1. The Morgan fingerprint density at radius 1 is 1.14 bits per heavy atom. The van der Waals surface area contributed by atoms with Crippen molar-refractivity contribution in [1.82, 2.24) is 29.8 Å². The third-order valence-corrected chi connectivity index (χ3v) is 5.64. The van der Waals surface area contributed by atoms with E-state index in [4.69, 9.17) is 5.10 Å². The average Bonchev–Trinajstić information content (AvgIpc) is 3.02. The van der Waals surface area contributed by atoms with E-state index in [1.807, 2.05) is 41.7 Å². The molecule has 0 radical (unpaired) electrons. The molecule has 2 aliphatic rings. The maximum Gasteiger partial charge on any atom is 0.226 e. The van der Waals surface area contributed by atoms with E-state index in [-0.39, 0.29) is 0 Å². The highest BCUT2D eigenvalue weighted by atomic mass is 15.4. The van der Waals surface area contributed by atoms with Gasteiger partial charge >= 0.3 is 0 Å². The monoisotopic (exact) mass is 379 g/mol. The first-order valence-electron chi connectivity index (χ1n) is 9.89. The summed E-state index contributed by atoms with van der Waals surface area (Å²) in [7, 11) is 3.89. The molecule has 0 unspecified atom stereocenters. The summed E-state index contributed by atoms with van der Waals surface area (Å²) in [5, 5.41) is 16.9. The summed E-state index contributed by atoms with van der Waals surface area (Å²) in [6.07, 6.45) is 5.46. The highest BCUT2D eigenvalue weighted by Gasteiger charge is 2.29. The van der Waals surface area contributed by atoms with Gasteiger partial charge in [0.25, 0.3) is 0 Å². The number of anilines is 3. The summed E-state index contributed by atoms with van der Waals surface area (Å²) in [5.41, 5.74) is 0.838. The molecule has 0 spiro atoms. The number of nitrogens with one attached hydrogen (secondary N) is 1. The molecule has 4 heterocycles. The lowest BCUT2D eigenvalue weighted by Gasteiger charge is -2.40. The first-order valence-corrected chi connectivity index (χ1v) is 9.89. The summed E-state index contributed by atoms with van der Waals surface area (Å²) in [6, 6.07) is 5.98. The van der Waals surface area contributed by atoms with Crippen LogP contribution in [0.3, 0.4) is 0 Å². The smallest absolute Gasteiger partial charge is 0.226 e. The number of hydrogen-bond donors (Lipinski definition) is 1. The number of hydrogen-bond acceptors (Lipinski definition) is 8. The zero-order valence-corrected chi connectivity index (χ0v) is 16.3. The van der Waals surface area contributed by atoms with Crippen molar-refractivity contribution in [2.75, 3.05) is 48.8 Å². The van der Waals surface area contributed by atoms with Crippen molar-refractivity contribution in [3.05, 3.63) is 30.2 Å². The molecule has 5 rings (SSSR count). The normalized spacial score (nSPS) is 17.4. The third kappa shape index (κ3) is 3.10. The molecular weight excluding hydrogens is 354 g/mol. The van der Waals surface area contributed by atoms with E-state index in [0.29, 0.717) is 17.8 Å². The molecule has 0 atom stereocenters. The number of nitrogens with zero attached hydrogens (tertiary/aromatic N) is 8. The van der Waals surface area contributed by atoms with Gasteiger partial charge in [0, 0.05) is 51.8 Å². The summed E-state index contributed by atoms with van der Waals surface area (Å²) in [4.78, 5) is 13.0. The molecule has 0 amide bonds. The molecule has 1 saturated heterocycles. The highest BCUT2D eigenvalue weighted by Crippen LogP contribution is 2.35. The van der Waals surface area contributed by atoms with E-state index in [2.05, 4.69) is 30.4 Å². The SMILES string of the molecule is CN(C)c1nccc(NCC2CN(c3ccc4nnc(C5CCC5)n4n3)C2)n1. The Labute approximate surface area is 163 Å². The quantitative estimate of drug-likeness (QED) is 0.694. The Kier molecular flexibility index (Phi) is 4.22. The minimum Gasteiger partial charge on any atom is -0.369 e. The molecule has 9 nitrogen and oxygen atoms in total. The topological polar surface area (TPSA) is 87.4 Å². The van der Waals surface area contributed by atoms with Gasteiger partial charge in [-0.15, -0.1) is 15.3 Å². The Morgan fingerprint density at radius 3 is 2.75 bits per heavy atom. The van der Waals surface area contributed by atoms with Crippen molar-refractivity contribution < 1.29 is 0 Å². The lowest BCUT2D eigenvalue weighted by Crippen LogP contribution is -2.50. The van der Waals surface area contributed by atoms with E-state index in [1.54, 1.807) is 6.20 Å². The van der Waals surface area contributed by atoms with Crippen LogP contribution >= 0.6 is 0 Å². The second kappa shape index (κ2) is 6.88. The first-order chi connectivity index (χ1) is 13.7. The van der Waals surface area contributed by atoms with Crippen LogP contribution in [0.4, 0.5) is 17.6 Å². The molecule has 3 aromatic rings. The van der Waals surface area contributed by atoms with E-state index in [9.17, 15) is 0 Å². The molecule has 9 heteroatoms. The van der Waals surface area contributed by atoms with Crippen molar-refractivity contribution in [3.63, 3.8) is 0 Å².